The fourth-order valence-electron chi connectivity index (χ4n) is 4.34. The molecule has 2 aromatic carbocycles. The molecule has 9 heteroatoms. The van der Waals surface area contributed by atoms with Crippen LogP contribution in [0.2, 0.25) is 0 Å². The number of ether oxygens (including phenoxy) is 1. The molecule has 0 bridgehead atoms. The van der Waals surface area contributed by atoms with Gasteiger partial charge in [-0.25, -0.2) is 4.79 Å². The van der Waals surface area contributed by atoms with E-state index in [-0.39, 0.29) is 11.9 Å². The van der Waals surface area contributed by atoms with Crippen LogP contribution in [0.4, 0.5) is 10.7 Å². The molecule has 32 heavy (non-hydrogen) atoms. The number of aromatic nitrogens is 3. The molecule has 3 aromatic rings. The highest BCUT2D eigenvalue weighted by Crippen LogP contribution is 2.41. The van der Waals surface area contributed by atoms with Gasteiger partial charge in [0.05, 0.1) is 0 Å². The van der Waals surface area contributed by atoms with Gasteiger partial charge in [-0.15, -0.1) is 10.2 Å². The molecule has 2 atom stereocenters. The van der Waals surface area contributed by atoms with Crippen LogP contribution in [0.3, 0.4) is 0 Å². The number of benzene rings is 2. The lowest BCUT2D eigenvalue weighted by Gasteiger charge is -2.38. The first kappa shape index (κ1) is 20.0. The maximum Gasteiger partial charge on any atom is 0.325 e. The zero-order valence-electron chi connectivity index (χ0n) is 18.1. The lowest BCUT2D eigenvalue weighted by Crippen LogP contribution is -2.62. The Morgan fingerprint density at radius 3 is 2.44 bits per heavy atom. The van der Waals surface area contributed by atoms with Crippen molar-refractivity contribution >= 4 is 17.9 Å². The zero-order chi connectivity index (χ0) is 22.4. The van der Waals surface area contributed by atoms with Crippen LogP contribution in [0.1, 0.15) is 25.6 Å². The average Bonchev–Trinajstić information content (AvgIpc) is 3.35. The van der Waals surface area contributed by atoms with Crippen LogP contribution in [0.15, 0.2) is 54.6 Å². The van der Waals surface area contributed by atoms with Crippen molar-refractivity contribution in [3.05, 3.63) is 60.2 Å². The molecule has 0 saturated carbocycles. The quantitative estimate of drug-likeness (QED) is 0.667. The average molecular weight is 432 g/mol. The minimum Gasteiger partial charge on any atom is -0.489 e. The fraction of sp³-hybridized carbons (Fsp3) is 0.304. The van der Waals surface area contributed by atoms with Gasteiger partial charge in [0, 0.05) is 18.7 Å². The van der Waals surface area contributed by atoms with Gasteiger partial charge < -0.3 is 14.5 Å². The first-order valence-corrected chi connectivity index (χ1v) is 10.5. The van der Waals surface area contributed by atoms with Crippen molar-refractivity contribution in [2.45, 2.75) is 38.7 Å². The Morgan fingerprint density at radius 1 is 1.03 bits per heavy atom. The summed E-state index contributed by atoms with van der Waals surface area (Å²) in [4.78, 5) is 28.5. The molecule has 1 N–H and O–H groups in total. The lowest BCUT2D eigenvalue weighted by molar-refractivity contribution is -0.125. The highest BCUT2D eigenvalue weighted by atomic mass is 16.5. The van der Waals surface area contributed by atoms with E-state index in [4.69, 9.17) is 4.74 Å². The Morgan fingerprint density at radius 2 is 1.75 bits per heavy atom. The Balaban J connectivity index is 1.46. The van der Waals surface area contributed by atoms with Crippen molar-refractivity contribution in [2.24, 2.45) is 0 Å². The number of hydrogen-bond acceptors (Lipinski definition) is 6. The van der Waals surface area contributed by atoms with E-state index in [9.17, 15) is 9.59 Å². The Labute approximate surface area is 185 Å². The number of carbonyl (C=O) groups is 2. The summed E-state index contributed by atoms with van der Waals surface area (Å²) in [6.07, 6.45) is -0.521. The fourth-order valence-corrected chi connectivity index (χ4v) is 4.34. The number of imide groups is 1. The largest absolute Gasteiger partial charge is 0.489 e. The lowest BCUT2D eigenvalue weighted by atomic mass is 10.1. The molecule has 3 heterocycles. The molecule has 1 aromatic heterocycles. The standard InChI is InChI=1S/C23H24N6O3/c1-14(2)28-18-20(30)24-23(31)27(3)21(18)29-19(25-26-22(28)29)16-9-11-17(12-10-16)32-13-15-7-5-4-6-8-15/h4-12,14,18,21H,13H2,1-3H3,(H,24,30,31). The number of nitrogens with zero attached hydrogens (tertiary/aromatic N) is 5. The summed E-state index contributed by atoms with van der Waals surface area (Å²) < 4.78 is 7.76. The highest BCUT2D eigenvalue weighted by molar-refractivity contribution is 6.02. The number of amides is 3. The summed E-state index contributed by atoms with van der Waals surface area (Å²) in [5, 5.41) is 11.2. The summed E-state index contributed by atoms with van der Waals surface area (Å²) in [6, 6.07) is 16.6. The van der Waals surface area contributed by atoms with Crippen LogP contribution >= 0.6 is 0 Å². The molecule has 1 fully saturated rings. The highest BCUT2D eigenvalue weighted by Gasteiger charge is 2.53. The van der Waals surface area contributed by atoms with Gasteiger partial charge >= 0.3 is 6.03 Å². The third-order valence-corrected chi connectivity index (χ3v) is 5.89. The number of carbonyl (C=O) groups excluding carboxylic acids is 2. The monoisotopic (exact) mass is 432 g/mol. The summed E-state index contributed by atoms with van der Waals surface area (Å²) in [7, 11) is 1.68. The third kappa shape index (κ3) is 3.17. The van der Waals surface area contributed by atoms with Crippen LogP contribution in [-0.2, 0) is 11.4 Å². The maximum atomic E-state index is 12.7. The van der Waals surface area contributed by atoms with E-state index in [0.717, 1.165) is 16.9 Å². The van der Waals surface area contributed by atoms with Crippen molar-refractivity contribution in [3.63, 3.8) is 0 Å². The van der Waals surface area contributed by atoms with Gasteiger partial charge in [-0.05, 0) is 43.7 Å². The molecule has 1 saturated heterocycles. The normalized spacial score (nSPS) is 19.8. The van der Waals surface area contributed by atoms with Crippen LogP contribution in [0.25, 0.3) is 11.4 Å². The van der Waals surface area contributed by atoms with Gasteiger partial charge in [0.2, 0.25) is 5.95 Å². The second-order valence-corrected chi connectivity index (χ2v) is 8.26. The minimum absolute atomic E-state index is 0.00177. The predicted octanol–water partition coefficient (Wildman–Crippen LogP) is 2.80. The third-order valence-electron chi connectivity index (χ3n) is 5.89. The molecule has 3 amide bonds. The molecule has 0 spiro atoms. The summed E-state index contributed by atoms with van der Waals surface area (Å²) in [5.41, 5.74) is 1.92. The van der Waals surface area contributed by atoms with Gasteiger partial charge in [0.15, 0.2) is 11.9 Å². The van der Waals surface area contributed by atoms with Crippen LogP contribution < -0.4 is 15.0 Å². The summed E-state index contributed by atoms with van der Waals surface area (Å²) in [6.45, 7) is 4.46. The maximum absolute atomic E-state index is 12.7. The number of urea groups is 1. The van der Waals surface area contributed by atoms with E-state index in [1.807, 2.05) is 77.9 Å². The van der Waals surface area contributed by atoms with Crippen LogP contribution in [0.5, 0.6) is 5.75 Å². The van der Waals surface area contributed by atoms with E-state index in [0.29, 0.717) is 18.4 Å². The number of fused-ring (bicyclic) bond motifs is 3. The topological polar surface area (TPSA) is 92.6 Å². The van der Waals surface area contributed by atoms with Gasteiger partial charge in [0.25, 0.3) is 5.91 Å². The van der Waals surface area contributed by atoms with E-state index in [2.05, 4.69) is 15.5 Å². The molecule has 164 valence electrons. The first-order valence-electron chi connectivity index (χ1n) is 10.5. The van der Waals surface area contributed by atoms with Crippen LogP contribution in [0, 0.1) is 0 Å². The first-order chi connectivity index (χ1) is 15.5. The zero-order valence-corrected chi connectivity index (χ0v) is 18.1. The smallest absolute Gasteiger partial charge is 0.325 e. The number of hydrogen-bond donors (Lipinski definition) is 1. The Bertz CT molecular complexity index is 1160. The Kier molecular flexibility index (Phi) is 4.80. The molecule has 2 aliphatic rings. The van der Waals surface area contributed by atoms with Gasteiger partial charge in [0.1, 0.15) is 18.5 Å². The number of nitrogens with one attached hydrogen (secondary N) is 1. The van der Waals surface area contributed by atoms with E-state index in [1.165, 1.54) is 4.90 Å². The van der Waals surface area contributed by atoms with Crippen molar-refractivity contribution in [1.29, 1.82) is 0 Å². The van der Waals surface area contributed by atoms with Gasteiger partial charge in [-0.2, -0.15) is 0 Å². The molecular weight excluding hydrogens is 408 g/mol. The number of likely N-dealkylation sites (N-methyl/N-ethyl adjacent to an activating group) is 1. The predicted molar refractivity (Wildman–Crippen MR) is 118 cm³/mol. The van der Waals surface area contributed by atoms with E-state index in [1.54, 1.807) is 7.05 Å². The van der Waals surface area contributed by atoms with E-state index < -0.39 is 18.2 Å². The molecule has 2 unspecified atom stereocenters. The Hall–Kier alpha value is -3.88. The molecule has 0 radical (unpaired) electrons. The summed E-state index contributed by atoms with van der Waals surface area (Å²) in [5.74, 6) is 1.59. The number of anilines is 1. The van der Waals surface area contributed by atoms with Crippen LogP contribution in [-0.4, -0.2) is 50.7 Å². The van der Waals surface area contributed by atoms with Crippen molar-refractivity contribution in [2.75, 3.05) is 11.9 Å². The molecule has 0 aliphatic carbocycles. The van der Waals surface area contributed by atoms with Gasteiger partial charge in [-0.1, -0.05) is 30.3 Å². The van der Waals surface area contributed by atoms with Crippen molar-refractivity contribution in [1.82, 2.24) is 25.0 Å². The number of rotatable bonds is 5. The molecule has 2 aliphatic heterocycles. The molecule has 5 rings (SSSR count). The van der Waals surface area contributed by atoms with Crippen molar-refractivity contribution < 1.29 is 14.3 Å². The van der Waals surface area contributed by atoms with E-state index >= 15 is 0 Å². The minimum atomic E-state index is -0.560. The molecular formula is C23H24N6O3. The molecule has 9 nitrogen and oxygen atoms in total. The van der Waals surface area contributed by atoms with Gasteiger partial charge in [-0.3, -0.25) is 14.7 Å². The summed E-state index contributed by atoms with van der Waals surface area (Å²) >= 11 is 0. The second kappa shape index (κ2) is 7.67. The van der Waals surface area contributed by atoms with Crippen molar-refractivity contribution in [3.8, 4) is 17.1 Å². The second-order valence-electron chi connectivity index (χ2n) is 8.26. The SMILES string of the molecule is CC(C)N1c2nnc(-c3ccc(OCc4ccccc4)cc3)n2C2C1C(=O)NC(=O)N2C.